The number of hydrogen-bond donors (Lipinski definition) is 1. The molecule has 2 heterocycles. The van der Waals surface area contributed by atoms with Crippen LogP contribution in [0.5, 0.6) is 0 Å². The number of aryl methyl sites for hydroxylation is 2. The molecule has 1 aromatic carbocycles. The second-order valence-electron chi connectivity index (χ2n) is 6.32. The van der Waals surface area contributed by atoms with Gasteiger partial charge in [-0.15, -0.1) is 0 Å². The van der Waals surface area contributed by atoms with E-state index in [9.17, 15) is 9.59 Å². The average Bonchev–Trinajstić information content (AvgIpc) is 3.06. The second-order valence-corrected chi connectivity index (χ2v) is 6.71. The minimum atomic E-state index is -0.790. The van der Waals surface area contributed by atoms with Crippen molar-refractivity contribution in [2.24, 2.45) is 13.0 Å². The number of nitrogens with one attached hydrogen (secondary N) is 1. The number of para-hydroxylation sites is 1. The molecule has 7 heteroatoms. The van der Waals surface area contributed by atoms with Crippen molar-refractivity contribution >= 4 is 29.1 Å². The molecule has 0 saturated carbocycles. The zero-order chi connectivity index (χ0) is 18.1. The molecule has 2 atom stereocenters. The van der Waals surface area contributed by atoms with Gasteiger partial charge in [-0.05, 0) is 24.1 Å². The standard InChI is InChI=1S/C18H21ClN4O2/c1-4-11-7-5-6-8-13(11)20-17(24)16-12(10-22(2)18(16)25)14-9-15(19)21-23(14)3/h5-9,12,16H,4,10H2,1-3H3,(H,20,24)/t12-,16+/m1/s1. The summed E-state index contributed by atoms with van der Waals surface area (Å²) in [6.45, 7) is 2.49. The zero-order valence-corrected chi connectivity index (χ0v) is 15.2. The van der Waals surface area contributed by atoms with Gasteiger partial charge in [-0.1, -0.05) is 36.7 Å². The summed E-state index contributed by atoms with van der Waals surface area (Å²) < 4.78 is 1.64. The van der Waals surface area contributed by atoms with Crippen molar-refractivity contribution in [1.82, 2.24) is 14.7 Å². The second kappa shape index (κ2) is 6.88. The highest BCUT2D eigenvalue weighted by Gasteiger charge is 2.45. The largest absolute Gasteiger partial charge is 0.344 e. The number of likely N-dealkylation sites (N-methyl/N-ethyl adjacent to an activating group) is 1. The Bertz CT molecular complexity index is 817. The lowest BCUT2D eigenvalue weighted by atomic mass is 9.91. The van der Waals surface area contributed by atoms with Gasteiger partial charge in [-0.3, -0.25) is 14.3 Å². The predicted octanol–water partition coefficient (Wildman–Crippen LogP) is 2.45. The summed E-state index contributed by atoms with van der Waals surface area (Å²) in [6, 6.07) is 9.35. The van der Waals surface area contributed by atoms with Gasteiger partial charge < -0.3 is 10.2 Å². The first kappa shape index (κ1) is 17.5. The fraction of sp³-hybridized carbons (Fsp3) is 0.389. The molecule has 25 heavy (non-hydrogen) atoms. The molecule has 1 N–H and O–H groups in total. The number of carbonyl (C=O) groups excluding carboxylic acids is 2. The summed E-state index contributed by atoms with van der Waals surface area (Å²) in [5, 5.41) is 7.42. The number of amides is 2. The highest BCUT2D eigenvalue weighted by molar-refractivity contribution is 6.29. The average molecular weight is 361 g/mol. The molecule has 3 rings (SSSR count). The van der Waals surface area contributed by atoms with Crippen molar-refractivity contribution in [2.45, 2.75) is 19.3 Å². The first-order chi connectivity index (χ1) is 11.9. The van der Waals surface area contributed by atoms with Gasteiger partial charge in [0.05, 0.1) is 0 Å². The van der Waals surface area contributed by atoms with Gasteiger partial charge in [0, 0.05) is 37.9 Å². The number of hydrogen-bond acceptors (Lipinski definition) is 3. The summed E-state index contributed by atoms with van der Waals surface area (Å²) in [5.41, 5.74) is 2.57. The van der Waals surface area contributed by atoms with Crippen molar-refractivity contribution in [3.63, 3.8) is 0 Å². The molecule has 1 saturated heterocycles. The van der Waals surface area contributed by atoms with Crippen LogP contribution in [0.1, 0.15) is 24.1 Å². The number of halogens is 1. The quantitative estimate of drug-likeness (QED) is 0.851. The van der Waals surface area contributed by atoms with Crippen LogP contribution in [0, 0.1) is 5.92 Å². The van der Waals surface area contributed by atoms with E-state index in [0.29, 0.717) is 11.7 Å². The molecule has 0 radical (unpaired) electrons. The van der Waals surface area contributed by atoms with E-state index < -0.39 is 5.92 Å². The maximum atomic E-state index is 12.9. The van der Waals surface area contributed by atoms with Crippen LogP contribution in [0.3, 0.4) is 0 Å². The van der Waals surface area contributed by atoms with Gasteiger partial charge in [0.1, 0.15) is 5.92 Å². The van der Waals surface area contributed by atoms with Crippen molar-refractivity contribution in [3.05, 3.63) is 46.7 Å². The normalized spacial score (nSPS) is 20.2. The summed E-state index contributed by atoms with van der Waals surface area (Å²) in [4.78, 5) is 27.1. The van der Waals surface area contributed by atoms with E-state index in [1.165, 1.54) is 0 Å². The Morgan fingerprint density at radius 1 is 1.36 bits per heavy atom. The van der Waals surface area contributed by atoms with Crippen LogP contribution in [0.25, 0.3) is 0 Å². The van der Waals surface area contributed by atoms with Crippen LogP contribution in [0.2, 0.25) is 5.15 Å². The first-order valence-corrected chi connectivity index (χ1v) is 8.63. The monoisotopic (exact) mass is 360 g/mol. The van der Waals surface area contributed by atoms with E-state index in [1.807, 2.05) is 31.2 Å². The molecule has 132 valence electrons. The van der Waals surface area contributed by atoms with Crippen molar-refractivity contribution < 1.29 is 9.59 Å². The van der Waals surface area contributed by atoms with E-state index in [1.54, 1.807) is 29.7 Å². The van der Waals surface area contributed by atoms with Crippen LogP contribution < -0.4 is 5.32 Å². The van der Waals surface area contributed by atoms with Crippen LogP contribution in [-0.2, 0) is 23.1 Å². The Kier molecular flexibility index (Phi) is 4.81. The third kappa shape index (κ3) is 3.26. The molecule has 2 aromatic rings. The van der Waals surface area contributed by atoms with Crippen molar-refractivity contribution in [3.8, 4) is 0 Å². The molecule has 1 aliphatic rings. The van der Waals surface area contributed by atoms with Gasteiger partial charge >= 0.3 is 0 Å². The maximum Gasteiger partial charge on any atom is 0.237 e. The Labute approximate surface area is 151 Å². The molecule has 2 amide bonds. The fourth-order valence-corrected chi connectivity index (χ4v) is 3.64. The third-order valence-electron chi connectivity index (χ3n) is 4.72. The molecule has 0 bridgehead atoms. The number of nitrogens with zero attached hydrogens (tertiary/aromatic N) is 3. The summed E-state index contributed by atoms with van der Waals surface area (Å²) in [5.74, 6) is -1.55. The molecule has 1 aromatic heterocycles. The minimum Gasteiger partial charge on any atom is -0.344 e. The molecule has 0 unspecified atom stereocenters. The number of benzene rings is 1. The van der Waals surface area contributed by atoms with Gasteiger partial charge in [0.15, 0.2) is 5.15 Å². The Hall–Kier alpha value is -2.34. The van der Waals surface area contributed by atoms with Gasteiger partial charge in [0.2, 0.25) is 11.8 Å². The van der Waals surface area contributed by atoms with Crippen LogP contribution in [-0.4, -0.2) is 40.1 Å². The predicted molar refractivity (Wildman–Crippen MR) is 96.5 cm³/mol. The number of likely N-dealkylation sites (tertiary alicyclic amines) is 1. The molecule has 0 spiro atoms. The minimum absolute atomic E-state index is 0.186. The molecule has 1 aliphatic heterocycles. The Balaban J connectivity index is 1.90. The van der Waals surface area contributed by atoms with E-state index in [2.05, 4.69) is 10.4 Å². The van der Waals surface area contributed by atoms with E-state index >= 15 is 0 Å². The van der Waals surface area contributed by atoms with E-state index in [0.717, 1.165) is 23.4 Å². The zero-order valence-electron chi connectivity index (χ0n) is 14.5. The number of aromatic nitrogens is 2. The lowest BCUT2D eigenvalue weighted by Gasteiger charge is -2.18. The summed E-state index contributed by atoms with van der Waals surface area (Å²) in [6.07, 6.45) is 0.801. The molecule has 0 aliphatic carbocycles. The highest BCUT2D eigenvalue weighted by Crippen LogP contribution is 2.35. The van der Waals surface area contributed by atoms with Crippen molar-refractivity contribution in [2.75, 3.05) is 18.9 Å². The fourth-order valence-electron chi connectivity index (χ4n) is 3.41. The number of carbonyl (C=O) groups is 2. The van der Waals surface area contributed by atoms with Gasteiger partial charge in [0.25, 0.3) is 0 Å². The number of anilines is 1. The SMILES string of the molecule is CCc1ccccc1NC(=O)[C@H]1C(=O)N(C)C[C@@H]1c1cc(Cl)nn1C. The molecule has 6 nitrogen and oxygen atoms in total. The molecule has 1 fully saturated rings. The lowest BCUT2D eigenvalue weighted by molar-refractivity contribution is -0.135. The van der Waals surface area contributed by atoms with E-state index in [4.69, 9.17) is 11.6 Å². The Morgan fingerprint density at radius 3 is 2.72 bits per heavy atom. The smallest absolute Gasteiger partial charge is 0.237 e. The third-order valence-corrected chi connectivity index (χ3v) is 4.90. The van der Waals surface area contributed by atoms with Gasteiger partial charge in [-0.25, -0.2) is 0 Å². The Morgan fingerprint density at radius 2 is 2.08 bits per heavy atom. The summed E-state index contributed by atoms with van der Waals surface area (Å²) >= 11 is 5.98. The molecular weight excluding hydrogens is 340 g/mol. The number of rotatable bonds is 4. The van der Waals surface area contributed by atoms with E-state index in [-0.39, 0.29) is 17.7 Å². The molecular formula is C18H21ClN4O2. The highest BCUT2D eigenvalue weighted by atomic mass is 35.5. The first-order valence-electron chi connectivity index (χ1n) is 8.25. The topological polar surface area (TPSA) is 67.2 Å². The van der Waals surface area contributed by atoms with Crippen LogP contribution in [0.15, 0.2) is 30.3 Å². The van der Waals surface area contributed by atoms with Crippen LogP contribution >= 0.6 is 11.6 Å². The maximum absolute atomic E-state index is 12.9. The lowest BCUT2D eigenvalue weighted by Crippen LogP contribution is -2.33. The van der Waals surface area contributed by atoms with Gasteiger partial charge in [-0.2, -0.15) is 5.10 Å². The van der Waals surface area contributed by atoms with Crippen molar-refractivity contribution in [1.29, 1.82) is 0 Å². The van der Waals surface area contributed by atoms with Crippen LogP contribution in [0.4, 0.5) is 5.69 Å². The summed E-state index contributed by atoms with van der Waals surface area (Å²) in [7, 11) is 3.48.